The fourth-order valence-corrected chi connectivity index (χ4v) is 3.57. The molecule has 2 heterocycles. The van der Waals surface area contributed by atoms with Crippen LogP contribution < -0.4 is 0 Å². The third-order valence-corrected chi connectivity index (χ3v) is 4.77. The van der Waals surface area contributed by atoms with Gasteiger partial charge in [-0.05, 0) is 57.5 Å². The van der Waals surface area contributed by atoms with Crippen molar-refractivity contribution in [3.05, 3.63) is 35.4 Å². The molecule has 0 aliphatic carbocycles. The van der Waals surface area contributed by atoms with E-state index in [-0.39, 0.29) is 0 Å². The molecule has 0 aromatic heterocycles. The van der Waals surface area contributed by atoms with E-state index >= 15 is 0 Å². The largest absolute Gasteiger partial charge is 0.378 e. The molecule has 0 radical (unpaired) electrons. The van der Waals surface area contributed by atoms with Gasteiger partial charge < -0.3 is 10.0 Å². The first-order valence-electron chi connectivity index (χ1n) is 8.18. The minimum Gasteiger partial charge on any atom is -0.378 e. The van der Waals surface area contributed by atoms with E-state index in [1.54, 1.807) is 13.8 Å². The van der Waals surface area contributed by atoms with Gasteiger partial charge in [-0.1, -0.05) is 24.0 Å². The van der Waals surface area contributed by atoms with Crippen LogP contribution in [-0.2, 0) is 6.54 Å². The minimum absolute atomic E-state index is 0.761. The van der Waals surface area contributed by atoms with Gasteiger partial charge in [0.2, 0.25) is 0 Å². The Bertz CT molecular complexity index is 576. The van der Waals surface area contributed by atoms with Gasteiger partial charge in [0, 0.05) is 31.2 Å². The summed E-state index contributed by atoms with van der Waals surface area (Å²) in [5.74, 6) is 6.74. The molecule has 1 N–H and O–H groups in total. The number of rotatable bonds is 2. The quantitative estimate of drug-likeness (QED) is 0.846. The second-order valence-corrected chi connectivity index (χ2v) is 7.30. The van der Waals surface area contributed by atoms with Gasteiger partial charge >= 0.3 is 0 Å². The van der Waals surface area contributed by atoms with Crippen LogP contribution in [0.25, 0.3) is 0 Å². The van der Waals surface area contributed by atoms with Crippen molar-refractivity contribution in [2.45, 2.75) is 38.5 Å². The number of benzene rings is 1. The highest BCUT2D eigenvalue weighted by molar-refractivity contribution is 5.37. The van der Waals surface area contributed by atoms with Crippen LogP contribution in [0.3, 0.4) is 0 Å². The van der Waals surface area contributed by atoms with Crippen molar-refractivity contribution in [2.75, 3.05) is 26.7 Å². The van der Waals surface area contributed by atoms with Crippen LogP contribution in [0, 0.1) is 17.8 Å². The van der Waals surface area contributed by atoms with Crippen LogP contribution in [0.2, 0.25) is 0 Å². The van der Waals surface area contributed by atoms with E-state index in [1.165, 1.54) is 31.6 Å². The van der Waals surface area contributed by atoms with E-state index in [9.17, 15) is 5.11 Å². The smallest absolute Gasteiger partial charge is 0.120 e. The van der Waals surface area contributed by atoms with E-state index in [2.05, 4.69) is 53.0 Å². The second kappa shape index (κ2) is 6.04. The minimum atomic E-state index is -0.933. The van der Waals surface area contributed by atoms with Gasteiger partial charge in [0.25, 0.3) is 0 Å². The monoisotopic (exact) mass is 298 g/mol. The van der Waals surface area contributed by atoms with Crippen molar-refractivity contribution >= 4 is 0 Å². The van der Waals surface area contributed by atoms with Crippen LogP contribution in [-0.4, -0.2) is 53.2 Å². The summed E-state index contributed by atoms with van der Waals surface area (Å²) < 4.78 is 0. The molecule has 2 atom stereocenters. The lowest BCUT2D eigenvalue weighted by molar-refractivity contribution is 0.143. The molecule has 2 aliphatic heterocycles. The Morgan fingerprint density at radius 2 is 1.95 bits per heavy atom. The first-order valence-corrected chi connectivity index (χ1v) is 8.18. The van der Waals surface area contributed by atoms with E-state index in [0.717, 1.165) is 24.1 Å². The van der Waals surface area contributed by atoms with Crippen LogP contribution in [0.15, 0.2) is 24.3 Å². The molecule has 3 rings (SSSR count). The van der Waals surface area contributed by atoms with Crippen molar-refractivity contribution in [2.24, 2.45) is 5.92 Å². The zero-order chi connectivity index (χ0) is 15.7. The standard InChI is InChI=1S/C19H26N2O/c1-19(2,22)10-8-15-4-6-16(7-5-15)12-21-13-17-9-11-20(3)18(17)14-21/h4-7,17-18,22H,9,11-14H2,1-3H3/t17-,18+/m0/s1. The number of aliphatic hydroxyl groups is 1. The van der Waals surface area contributed by atoms with Crippen LogP contribution in [0.5, 0.6) is 0 Å². The Kier molecular flexibility index (Phi) is 4.27. The van der Waals surface area contributed by atoms with Crippen molar-refractivity contribution in [3.8, 4) is 11.8 Å². The molecule has 22 heavy (non-hydrogen) atoms. The fourth-order valence-electron chi connectivity index (χ4n) is 3.57. The zero-order valence-corrected chi connectivity index (χ0v) is 13.8. The molecular weight excluding hydrogens is 272 g/mol. The first kappa shape index (κ1) is 15.6. The molecule has 2 aliphatic rings. The van der Waals surface area contributed by atoms with Crippen LogP contribution in [0.1, 0.15) is 31.4 Å². The van der Waals surface area contributed by atoms with Gasteiger partial charge in [-0.3, -0.25) is 4.90 Å². The Labute approximate surface area is 133 Å². The van der Waals surface area contributed by atoms with E-state index < -0.39 is 5.60 Å². The summed E-state index contributed by atoms with van der Waals surface area (Å²) in [6.45, 7) is 8.12. The molecular formula is C19H26N2O. The highest BCUT2D eigenvalue weighted by atomic mass is 16.3. The summed E-state index contributed by atoms with van der Waals surface area (Å²) in [6, 6.07) is 9.18. The summed E-state index contributed by atoms with van der Waals surface area (Å²) in [7, 11) is 2.25. The van der Waals surface area contributed by atoms with Gasteiger partial charge in [0.1, 0.15) is 5.60 Å². The predicted octanol–water partition coefficient (Wildman–Crippen LogP) is 1.94. The van der Waals surface area contributed by atoms with E-state index in [4.69, 9.17) is 0 Å². The normalized spacial score (nSPS) is 25.8. The van der Waals surface area contributed by atoms with E-state index in [0.29, 0.717) is 0 Å². The van der Waals surface area contributed by atoms with Crippen LogP contribution in [0.4, 0.5) is 0 Å². The molecule has 0 spiro atoms. The Morgan fingerprint density at radius 3 is 2.59 bits per heavy atom. The molecule has 0 saturated carbocycles. The molecule has 3 heteroatoms. The zero-order valence-electron chi connectivity index (χ0n) is 13.8. The number of nitrogens with zero attached hydrogens (tertiary/aromatic N) is 2. The third-order valence-electron chi connectivity index (χ3n) is 4.77. The SMILES string of the molecule is CN1CC[C@H]2CN(Cc3ccc(C#CC(C)(C)O)cc3)C[C@H]21. The van der Waals surface area contributed by atoms with Gasteiger partial charge in [-0.2, -0.15) is 0 Å². The topological polar surface area (TPSA) is 26.7 Å². The lowest BCUT2D eigenvalue weighted by atomic mass is 10.1. The molecule has 3 nitrogen and oxygen atoms in total. The Balaban J connectivity index is 1.59. The van der Waals surface area contributed by atoms with Gasteiger partial charge in [0.15, 0.2) is 0 Å². The summed E-state index contributed by atoms with van der Waals surface area (Å²) in [5, 5.41) is 9.64. The second-order valence-electron chi connectivity index (χ2n) is 7.30. The van der Waals surface area contributed by atoms with Crippen LogP contribution >= 0.6 is 0 Å². The Morgan fingerprint density at radius 1 is 1.23 bits per heavy atom. The molecule has 1 aromatic carbocycles. The fraction of sp³-hybridized carbons (Fsp3) is 0.579. The van der Waals surface area contributed by atoms with Gasteiger partial charge in [-0.25, -0.2) is 0 Å². The predicted molar refractivity (Wildman–Crippen MR) is 89.4 cm³/mol. The summed E-state index contributed by atoms with van der Waals surface area (Å²) in [4.78, 5) is 5.09. The maximum atomic E-state index is 9.64. The van der Waals surface area contributed by atoms with Gasteiger partial charge in [-0.15, -0.1) is 0 Å². The lowest BCUT2D eigenvalue weighted by Gasteiger charge is -2.20. The van der Waals surface area contributed by atoms with Crippen molar-refractivity contribution in [1.82, 2.24) is 9.80 Å². The number of hydrogen-bond acceptors (Lipinski definition) is 3. The number of hydrogen-bond donors (Lipinski definition) is 1. The molecule has 118 valence electrons. The molecule has 2 fully saturated rings. The van der Waals surface area contributed by atoms with Crippen molar-refractivity contribution in [3.63, 3.8) is 0 Å². The summed E-state index contributed by atoms with van der Waals surface area (Å²) >= 11 is 0. The Hall–Kier alpha value is -1.34. The maximum Gasteiger partial charge on any atom is 0.120 e. The summed E-state index contributed by atoms with van der Waals surface area (Å²) in [6.07, 6.45) is 1.35. The molecule has 1 aromatic rings. The molecule has 0 amide bonds. The molecule has 0 unspecified atom stereocenters. The molecule has 2 saturated heterocycles. The summed E-state index contributed by atoms with van der Waals surface area (Å²) in [5.41, 5.74) is 1.37. The third kappa shape index (κ3) is 3.70. The number of likely N-dealkylation sites (N-methyl/N-ethyl adjacent to an activating group) is 1. The first-order chi connectivity index (χ1) is 10.4. The highest BCUT2D eigenvalue weighted by Crippen LogP contribution is 2.30. The maximum absolute atomic E-state index is 9.64. The highest BCUT2D eigenvalue weighted by Gasteiger charge is 2.39. The van der Waals surface area contributed by atoms with E-state index in [1.807, 2.05) is 0 Å². The number of likely N-dealkylation sites (tertiary alicyclic amines) is 2. The lowest BCUT2D eigenvalue weighted by Crippen LogP contribution is -2.31. The number of fused-ring (bicyclic) bond motifs is 1. The van der Waals surface area contributed by atoms with Crippen molar-refractivity contribution in [1.29, 1.82) is 0 Å². The van der Waals surface area contributed by atoms with Crippen molar-refractivity contribution < 1.29 is 5.11 Å². The molecule has 0 bridgehead atoms. The van der Waals surface area contributed by atoms with Gasteiger partial charge in [0.05, 0.1) is 0 Å². The average Bonchev–Trinajstić information content (AvgIpc) is 3.00. The average molecular weight is 298 g/mol.